The van der Waals surface area contributed by atoms with Crippen molar-refractivity contribution in [3.05, 3.63) is 96.1 Å². The third-order valence-electron chi connectivity index (χ3n) is 5.40. The molecule has 0 spiro atoms. The van der Waals surface area contributed by atoms with Gasteiger partial charge in [0.25, 0.3) is 0 Å². The van der Waals surface area contributed by atoms with Crippen LogP contribution in [0.1, 0.15) is 11.1 Å². The molecule has 0 radical (unpaired) electrons. The second-order valence-electron chi connectivity index (χ2n) is 7.55. The van der Waals surface area contributed by atoms with E-state index in [1.54, 1.807) is 84.9 Å². The Labute approximate surface area is 182 Å². The number of benzene rings is 4. The average molecular weight is 431 g/mol. The molecular formula is C26H22O4S. The molecule has 4 rings (SSSR count). The minimum atomic E-state index is -3.75. The third kappa shape index (κ3) is 4.05. The molecule has 31 heavy (non-hydrogen) atoms. The molecular weight excluding hydrogens is 408 g/mol. The normalized spacial score (nSPS) is 11.4. The fourth-order valence-corrected chi connectivity index (χ4v) is 4.89. The Hall–Kier alpha value is -3.57. The van der Waals surface area contributed by atoms with E-state index in [2.05, 4.69) is 0 Å². The number of aromatic hydroxyl groups is 2. The van der Waals surface area contributed by atoms with Crippen molar-refractivity contribution in [1.82, 2.24) is 0 Å². The maximum Gasteiger partial charge on any atom is 0.206 e. The summed E-state index contributed by atoms with van der Waals surface area (Å²) in [7, 11) is -3.75. The van der Waals surface area contributed by atoms with Crippen LogP contribution in [0.4, 0.5) is 0 Å². The first-order chi connectivity index (χ1) is 14.8. The van der Waals surface area contributed by atoms with Crippen LogP contribution in [0.3, 0.4) is 0 Å². The highest BCUT2D eigenvalue weighted by atomic mass is 32.2. The van der Waals surface area contributed by atoms with Crippen LogP contribution in [0.2, 0.25) is 0 Å². The molecule has 4 nitrogen and oxygen atoms in total. The van der Waals surface area contributed by atoms with E-state index in [-0.39, 0.29) is 21.3 Å². The highest BCUT2D eigenvalue weighted by molar-refractivity contribution is 7.91. The van der Waals surface area contributed by atoms with Crippen LogP contribution < -0.4 is 0 Å². The SMILES string of the molecule is Cc1ccc(S(=O)(=O)c2ccc(C)c(-c3ccc(O)cc3)c2)cc1-c1ccc(O)cc1. The van der Waals surface area contributed by atoms with Gasteiger partial charge in [-0.1, -0.05) is 36.4 Å². The number of hydrogen-bond donors (Lipinski definition) is 2. The van der Waals surface area contributed by atoms with Gasteiger partial charge in [0.05, 0.1) is 9.79 Å². The molecule has 0 aliphatic heterocycles. The Kier molecular flexibility index (Phi) is 5.29. The second kappa shape index (κ2) is 7.93. The van der Waals surface area contributed by atoms with E-state index >= 15 is 0 Å². The first kappa shape index (κ1) is 20.7. The zero-order valence-electron chi connectivity index (χ0n) is 17.2. The van der Waals surface area contributed by atoms with E-state index in [4.69, 9.17) is 0 Å². The van der Waals surface area contributed by atoms with E-state index < -0.39 is 9.84 Å². The van der Waals surface area contributed by atoms with Crippen LogP contribution in [-0.2, 0) is 9.84 Å². The van der Waals surface area contributed by atoms with Crippen molar-refractivity contribution in [3.8, 4) is 33.8 Å². The average Bonchev–Trinajstić information content (AvgIpc) is 2.75. The van der Waals surface area contributed by atoms with Gasteiger partial charge in [-0.05, 0) is 95.8 Å². The van der Waals surface area contributed by atoms with Crippen molar-refractivity contribution >= 4 is 9.84 Å². The van der Waals surface area contributed by atoms with Gasteiger partial charge in [-0.3, -0.25) is 0 Å². The zero-order chi connectivity index (χ0) is 22.2. The molecule has 0 aromatic heterocycles. The molecule has 0 saturated heterocycles. The van der Waals surface area contributed by atoms with Crippen molar-refractivity contribution in [2.24, 2.45) is 0 Å². The van der Waals surface area contributed by atoms with Crippen LogP contribution in [0.5, 0.6) is 11.5 Å². The van der Waals surface area contributed by atoms with Crippen LogP contribution >= 0.6 is 0 Å². The Bertz CT molecular complexity index is 1250. The lowest BCUT2D eigenvalue weighted by atomic mass is 10.0. The first-order valence-corrected chi connectivity index (χ1v) is 11.3. The Balaban J connectivity index is 1.80. The minimum Gasteiger partial charge on any atom is -0.508 e. The van der Waals surface area contributed by atoms with Crippen molar-refractivity contribution in [2.45, 2.75) is 23.6 Å². The van der Waals surface area contributed by atoms with E-state index in [0.717, 1.165) is 33.4 Å². The smallest absolute Gasteiger partial charge is 0.206 e. The molecule has 5 heteroatoms. The van der Waals surface area contributed by atoms with E-state index in [1.807, 2.05) is 13.8 Å². The quantitative estimate of drug-likeness (QED) is 0.424. The molecule has 0 unspecified atom stereocenters. The summed E-state index contributed by atoms with van der Waals surface area (Å²) in [6.45, 7) is 3.85. The molecule has 4 aromatic carbocycles. The topological polar surface area (TPSA) is 74.6 Å². The van der Waals surface area contributed by atoms with Crippen molar-refractivity contribution in [1.29, 1.82) is 0 Å². The second-order valence-corrected chi connectivity index (χ2v) is 9.50. The van der Waals surface area contributed by atoms with Gasteiger partial charge in [0.2, 0.25) is 9.84 Å². The van der Waals surface area contributed by atoms with Crippen molar-refractivity contribution in [2.75, 3.05) is 0 Å². The van der Waals surface area contributed by atoms with Gasteiger partial charge < -0.3 is 10.2 Å². The molecule has 0 amide bonds. The predicted molar refractivity (Wildman–Crippen MR) is 122 cm³/mol. The Morgan fingerprint density at radius 1 is 0.548 bits per heavy atom. The van der Waals surface area contributed by atoms with Crippen LogP contribution in [-0.4, -0.2) is 18.6 Å². The molecule has 0 aliphatic carbocycles. The number of rotatable bonds is 4. The zero-order valence-corrected chi connectivity index (χ0v) is 18.0. The Morgan fingerprint density at radius 2 is 0.903 bits per heavy atom. The summed E-state index contributed by atoms with van der Waals surface area (Å²) in [4.78, 5) is 0.420. The summed E-state index contributed by atoms with van der Waals surface area (Å²) in [6, 6.07) is 23.6. The van der Waals surface area contributed by atoms with E-state index in [9.17, 15) is 18.6 Å². The summed E-state index contributed by atoms with van der Waals surface area (Å²) in [5.74, 6) is 0.318. The largest absolute Gasteiger partial charge is 0.508 e. The summed E-state index contributed by atoms with van der Waals surface area (Å²) < 4.78 is 26.9. The highest BCUT2D eigenvalue weighted by Crippen LogP contribution is 2.33. The summed E-state index contributed by atoms with van der Waals surface area (Å²) >= 11 is 0. The molecule has 2 N–H and O–H groups in total. The lowest BCUT2D eigenvalue weighted by molar-refractivity contribution is 0.475. The number of aryl methyl sites for hydroxylation is 2. The first-order valence-electron chi connectivity index (χ1n) is 9.81. The molecule has 0 saturated carbocycles. The fourth-order valence-electron chi connectivity index (χ4n) is 3.58. The fraction of sp³-hybridized carbons (Fsp3) is 0.0769. The van der Waals surface area contributed by atoms with Gasteiger partial charge in [0.1, 0.15) is 11.5 Å². The van der Waals surface area contributed by atoms with Gasteiger partial charge in [0, 0.05) is 0 Å². The number of phenolic OH excluding ortho intramolecular Hbond substituents is 2. The highest BCUT2D eigenvalue weighted by Gasteiger charge is 2.20. The lowest BCUT2D eigenvalue weighted by Gasteiger charge is -2.13. The number of phenols is 2. The Morgan fingerprint density at radius 3 is 1.26 bits per heavy atom. The summed E-state index contributed by atoms with van der Waals surface area (Å²) in [5.41, 5.74) is 5.15. The van der Waals surface area contributed by atoms with Crippen molar-refractivity contribution < 1.29 is 18.6 Å². The van der Waals surface area contributed by atoms with Crippen molar-refractivity contribution in [3.63, 3.8) is 0 Å². The minimum absolute atomic E-state index is 0.159. The molecule has 0 fully saturated rings. The molecule has 0 bridgehead atoms. The molecule has 0 heterocycles. The van der Waals surface area contributed by atoms with E-state index in [1.165, 1.54) is 0 Å². The molecule has 0 aliphatic rings. The molecule has 156 valence electrons. The number of sulfone groups is 1. The monoisotopic (exact) mass is 430 g/mol. The summed E-state index contributed by atoms with van der Waals surface area (Å²) in [6.07, 6.45) is 0. The predicted octanol–water partition coefficient (Wildman–Crippen LogP) is 5.88. The maximum atomic E-state index is 13.5. The van der Waals surface area contributed by atoms with Crippen LogP contribution in [0.15, 0.2) is 94.7 Å². The van der Waals surface area contributed by atoms with Crippen LogP contribution in [0.25, 0.3) is 22.3 Å². The van der Waals surface area contributed by atoms with Gasteiger partial charge in [-0.25, -0.2) is 8.42 Å². The summed E-state index contributed by atoms with van der Waals surface area (Å²) in [5, 5.41) is 19.1. The lowest BCUT2D eigenvalue weighted by Crippen LogP contribution is -2.03. The van der Waals surface area contributed by atoms with Gasteiger partial charge in [-0.15, -0.1) is 0 Å². The standard InChI is InChI=1S/C26H22O4S/c1-17-3-13-23(15-25(17)19-5-9-21(27)10-6-19)31(29,30)24-14-4-18(2)26(16-24)20-7-11-22(28)12-8-20/h3-16,27-28H,1-2H3. The van der Waals surface area contributed by atoms with Crippen LogP contribution in [0, 0.1) is 13.8 Å². The van der Waals surface area contributed by atoms with E-state index in [0.29, 0.717) is 0 Å². The molecule has 0 atom stereocenters. The van der Waals surface area contributed by atoms with Gasteiger partial charge in [0.15, 0.2) is 0 Å². The number of hydrogen-bond acceptors (Lipinski definition) is 4. The van der Waals surface area contributed by atoms with Gasteiger partial charge >= 0.3 is 0 Å². The third-order valence-corrected chi connectivity index (χ3v) is 7.14. The van der Waals surface area contributed by atoms with Gasteiger partial charge in [-0.2, -0.15) is 0 Å². The molecule has 4 aromatic rings. The maximum absolute atomic E-state index is 13.5.